The van der Waals surface area contributed by atoms with Gasteiger partial charge in [-0.05, 0) is 51.9 Å². The van der Waals surface area contributed by atoms with Crippen LogP contribution >= 0.6 is 0 Å². The van der Waals surface area contributed by atoms with Crippen LogP contribution in [0.4, 0.5) is 5.69 Å². The van der Waals surface area contributed by atoms with Crippen LogP contribution in [0.1, 0.15) is 26.7 Å². The number of carbonyl (C=O) groups is 2. The molecule has 2 rings (SSSR count). The van der Waals surface area contributed by atoms with Crippen molar-refractivity contribution < 1.29 is 14.3 Å². The number of likely N-dealkylation sites (N-methyl/N-ethyl adjacent to an activating group) is 1. The number of esters is 1. The lowest BCUT2D eigenvalue weighted by Crippen LogP contribution is -2.44. The molecule has 0 saturated carbocycles. The average molecular weight is 318 g/mol. The summed E-state index contributed by atoms with van der Waals surface area (Å²) in [6, 6.07) is 9.73. The molecule has 0 spiro atoms. The van der Waals surface area contributed by atoms with Crippen LogP contribution in [0.3, 0.4) is 0 Å². The molecule has 1 aromatic rings. The van der Waals surface area contributed by atoms with Crippen molar-refractivity contribution in [2.75, 3.05) is 37.7 Å². The number of carbonyl (C=O) groups excluding carboxylic acids is 2. The van der Waals surface area contributed by atoms with E-state index in [1.54, 1.807) is 4.90 Å². The van der Waals surface area contributed by atoms with Gasteiger partial charge in [-0.1, -0.05) is 18.2 Å². The Hall–Kier alpha value is -1.88. The van der Waals surface area contributed by atoms with E-state index in [9.17, 15) is 9.59 Å². The van der Waals surface area contributed by atoms with E-state index in [0.717, 1.165) is 31.6 Å². The van der Waals surface area contributed by atoms with Crippen molar-refractivity contribution in [2.45, 2.75) is 26.7 Å². The molecule has 0 aromatic heterocycles. The van der Waals surface area contributed by atoms with Gasteiger partial charge in [0.25, 0.3) is 0 Å². The summed E-state index contributed by atoms with van der Waals surface area (Å²) >= 11 is 0. The fraction of sp³-hybridized carbons (Fsp3) is 0.556. The van der Waals surface area contributed by atoms with Crippen molar-refractivity contribution in [3.63, 3.8) is 0 Å². The largest absolute Gasteiger partial charge is 0.466 e. The Morgan fingerprint density at radius 2 is 1.83 bits per heavy atom. The van der Waals surface area contributed by atoms with Crippen molar-refractivity contribution in [3.8, 4) is 0 Å². The number of benzene rings is 1. The fourth-order valence-electron chi connectivity index (χ4n) is 2.97. The molecule has 1 aromatic carbocycles. The Morgan fingerprint density at radius 3 is 2.39 bits per heavy atom. The lowest BCUT2D eigenvalue weighted by atomic mass is 9.97. The first-order valence-corrected chi connectivity index (χ1v) is 8.40. The third kappa shape index (κ3) is 4.79. The Kier molecular flexibility index (Phi) is 6.59. The van der Waals surface area contributed by atoms with Crippen LogP contribution in [0.2, 0.25) is 0 Å². The highest BCUT2D eigenvalue weighted by atomic mass is 16.5. The molecule has 126 valence electrons. The molecule has 0 unspecified atom stereocenters. The van der Waals surface area contributed by atoms with Gasteiger partial charge in [0.15, 0.2) is 0 Å². The third-order valence-corrected chi connectivity index (χ3v) is 4.25. The number of anilines is 1. The second-order valence-electron chi connectivity index (χ2n) is 5.78. The number of likely N-dealkylation sites (tertiary alicyclic amines) is 1. The van der Waals surface area contributed by atoms with Gasteiger partial charge in [0.05, 0.1) is 19.1 Å². The molecule has 1 amide bonds. The molecule has 0 N–H and O–H groups in total. The first-order chi connectivity index (χ1) is 11.2. The van der Waals surface area contributed by atoms with Crippen LogP contribution in [0, 0.1) is 5.92 Å². The highest BCUT2D eigenvalue weighted by Gasteiger charge is 2.27. The molecule has 0 bridgehead atoms. The summed E-state index contributed by atoms with van der Waals surface area (Å²) in [5, 5.41) is 0. The van der Waals surface area contributed by atoms with Crippen LogP contribution in [0.5, 0.6) is 0 Å². The summed E-state index contributed by atoms with van der Waals surface area (Å²) in [6.45, 7) is 6.83. The van der Waals surface area contributed by atoms with Gasteiger partial charge in [-0.3, -0.25) is 14.5 Å². The van der Waals surface area contributed by atoms with Gasteiger partial charge < -0.3 is 9.64 Å². The summed E-state index contributed by atoms with van der Waals surface area (Å²) < 4.78 is 5.08. The highest BCUT2D eigenvalue weighted by molar-refractivity contribution is 5.94. The zero-order chi connectivity index (χ0) is 16.7. The van der Waals surface area contributed by atoms with Crippen LogP contribution in [-0.2, 0) is 14.3 Å². The normalized spacial score (nSPS) is 16.1. The summed E-state index contributed by atoms with van der Waals surface area (Å²) in [6.07, 6.45) is 1.53. The average Bonchev–Trinajstić information content (AvgIpc) is 2.57. The van der Waals surface area contributed by atoms with Gasteiger partial charge in [0.1, 0.15) is 0 Å². The van der Waals surface area contributed by atoms with Gasteiger partial charge in [-0.25, -0.2) is 0 Å². The highest BCUT2D eigenvalue weighted by Crippen LogP contribution is 2.19. The summed E-state index contributed by atoms with van der Waals surface area (Å²) in [5.74, 6) is -0.0102. The summed E-state index contributed by atoms with van der Waals surface area (Å²) in [7, 11) is 0. The van der Waals surface area contributed by atoms with E-state index in [1.165, 1.54) is 0 Å². The van der Waals surface area contributed by atoms with E-state index in [4.69, 9.17) is 4.74 Å². The molecule has 23 heavy (non-hydrogen) atoms. The molecule has 5 nitrogen and oxygen atoms in total. The van der Waals surface area contributed by atoms with E-state index < -0.39 is 0 Å². The number of hydrogen-bond donors (Lipinski definition) is 0. The quantitative estimate of drug-likeness (QED) is 0.755. The summed E-state index contributed by atoms with van der Waals surface area (Å²) in [5.41, 5.74) is 0.932. The monoisotopic (exact) mass is 318 g/mol. The molecule has 0 atom stereocenters. The minimum Gasteiger partial charge on any atom is -0.466 e. The van der Waals surface area contributed by atoms with Crippen molar-refractivity contribution in [2.24, 2.45) is 5.92 Å². The number of hydrogen-bond acceptors (Lipinski definition) is 4. The molecule has 5 heteroatoms. The van der Waals surface area contributed by atoms with E-state index >= 15 is 0 Å². The molecule has 0 aliphatic carbocycles. The SMILES string of the molecule is CCOC(=O)C1CCN(CC(=O)N(CC)c2ccccc2)CC1. The number of rotatable bonds is 6. The number of nitrogens with zero attached hydrogens (tertiary/aromatic N) is 2. The molecule has 1 fully saturated rings. The lowest BCUT2D eigenvalue weighted by molar-refractivity contribution is -0.149. The van der Waals surface area contributed by atoms with Crippen molar-refractivity contribution in [1.82, 2.24) is 4.90 Å². The number of piperidine rings is 1. The predicted octanol–water partition coefficient (Wildman–Crippen LogP) is 2.31. The Balaban J connectivity index is 1.85. The first-order valence-electron chi connectivity index (χ1n) is 8.40. The molecular weight excluding hydrogens is 292 g/mol. The van der Waals surface area contributed by atoms with Gasteiger partial charge >= 0.3 is 5.97 Å². The van der Waals surface area contributed by atoms with E-state index in [-0.39, 0.29) is 17.8 Å². The zero-order valence-electron chi connectivity index (χ0n) is 14.0. The standard InChI is InChI=1S/C18H26N2O3/c1-3-20(16-8-6-5-7-9-16)17(21)14-19-12-10-15(11-13-19)18(22)23-4-2/h5-9,15H,3-4,10-14H2,1-2H3. The molecule has 0 radical (unpaired) electrons. The zero-order valence-corrected chi connectivity index (χ0v) is 14.0. The van der Waals surface area contributed by atoms with Gasteiger partial charge in [0, 0.05) is 12.2 Å². The van der Waals surface area contributed by atoms with Crippen LogP contribution in [0.15, 0.2) is 30.3 Å². The van der Waals surface area contributed by atoms with Gasteiger partial charge in [-0.2, -0.15) is 0 Å². The predicted molar refractivity (Wildman–Crippen MR) is 90.3 cm³/mol. The Morgan fingerprint density at radius 1 is 1.17 bits per heavy atom. The number of amides is 1. The first kappa shape index (κ1) is 17.5. The smallest absolute Gasteiger partial charge is 0.309 e. The number of para-hydroxylation sites is 1. The molecule has 1 saturated heterocycles. The van der Waals surface area contributed by atoms with Crippen LogP contribution in [0.25, 0.3) is 0 Å². The van der Waals surface area contributed by atoms with Crippen molar-refractivity contribution in [1.29, 1.82) is 0 Å². The van der Waals surface area contributed by atoms with E-state index in [2.05, 4.69) is 4.90 Å². The van der Waals surface area contributed by atoms with Crippen molar-refractivity contribution >= 4 is 17.6 Å². The van der Waals surface area contributed by atoms with Gasteiger partial charge in [0.2, 0.25) is 5.91 Å². The Labute approximate surface area is 138 Å². The second kappa shape index (κ2) is 8.67. The lowest BCUT2D eigenvalue weighted by Gasteiger charge is -2.32. The second-order valence-corrected chi connectivity index (χ2v) is 5.78. The van der Waals surface area contributed by atoms with Crippen molar-refractivity contribution in [3.05, 3.63) is 30.3 Å². The topological polar surface area (TPSA) is 49.9 Å². The Bertz CT molecular complexity index is 510. The minimum absolute atomic E-state index is 0.0160. The summed E-state index contributed by atoms with van der Waals surface area (Å²) in [4.78, 5) is 28.2. The molecule has 1 aliphatic rings. The van der Waals surface area contributed by atoms with Crippen LogP contribution < -0.4 is 4.90 Å². The van der Waals surface area contributed by atoms with Crippen LogP contribution in [-0.4, -0.2) is 49.6 Å². The van der Waals surface area contributed by atoms with E-state index in [0.29, 0.717) is 19.7 Å². The maximum atomic E-state index is 12.6. The third-order valence-electron chi connectivity index (χ3n) is 4.25. The fourth-order valence-corrected chi connectivity index (χ4v) is 2.97. The number of ether oxygens (including phenoxy) is 1. The molecular formula is C18H26N2O3. The molecule has 1 aliphatic heterocycles. The maximum Gasteiger partial charge on any atom is 0.309 e. The maximum absolute atomic E-state index is 12.6. The van der Waals surface area contributed by atoms with Gasteiger partial charge in [-0.15, -0.1) is 0 Å². The minimum atomic E-state index is -0.0991. The van der Waals surface area contributed by atoms with E-state index in [1.807, 2.05) is 44.2 Å². The molecule has 1 heterocycles.